The van der Waals surface area contributed by atoms with Crippen molar-refractivity contribution < 1.29 is 4.74 Å². The van der Waals surface area contributed by atoms with Crippen LogP contribution in [0.1, 0.15) is 23.1 Å². The van der Waals surface area contributed by atoms with Crippen molar-refractivity contribution in [2.45, 2.75) is 32.4 Å². The number of hydrogen-bond donors (Lipinski definition) is 0. The number of benzene rings is 2. The van der Waals surface area contributed by atoms with E-state index in [2.05, 4.69) is 64.1 Å². The van der Waals surface area contributed by atoms with E-state index in [1.54, 1.807) is 0 Å². The number of anilines is 2. The van der Waals surface area contributed by atoms with Crippen LogP contribution in [-0.2, 0) is 17.7 Å². The lowest BCUT2D eigenvalue weighted by Crippen LogP contribution is -2.51. The highest BCUT2D eigenvalue weighted by Crippen LogP contribution is 2.33. The lowest BCUT2D eigenvalue weighted by Gasteiger charge is -2.38. The summed E-state index contributed by atoms with van der Waals surface area (Å²) in [5, 5.41) is 12.0. The maximum Gasteiger partial charge on any atom is 0.159 e. The zero-order chi connectivity index (χ0) is 21.5. The fourth-order valence-electron chi connectivity index (χ4n) is 5.52. The summed E-state index contributed by atoms with van der Waals surface area (Å²) in [6.45, 7) is 9.95. The molecule has 0 amide bonds. The topological polar surface area (TPSA) is 44.7 Å². The third-order valence-electron chi connectivity index (χ3n) is 7.36. The minimum Gasteiger partial charge on any atom is -0.380 e. The molecule has 3 aromatic rings. The maximum absolute atomic E-state index is 5.60. The number of fused-ring (bicyclic) bond motifs is 2. The largest absolute Gasteiger partial charge is 0.380 e. The molecule has 0 N–H and O–H groups in total. The van der Waals surface area contributed by atoms with Crippen LogP contribution in [0.25, 0.3) is 10.8 Å². The van der Waals surface area contributed by atoms with Crippen LogP contribution in [0.2, 0.25) is 0 Å². The van der Waals surface area contributed by atoms with E-state index in [9.17, 15) is 0 Å². The first-order valence-corrected chi connectivity index (χ1v) is 11.9. The van der Waals surface area contributed by atoms with Crippen LogP contribution in [0.4, 0.5) is 11.6 Å². The Morgan fingerprint density at radius 3 is 2.31 bits per heavy atom. The van der Waals surface area contributed by atoms with E-state index >= 15 is 0 Å². The van der Waals surface area contributed by atoms with Crippen LogP contribution < -0.4 is 9.80 Å². The van der Waals surface area contributed by atoms with E-state index in [0.29, 0.717) is 6.04 Å². The molecule has 1 atom stereocenters. The van der Waals surface area contributed by atoms with E-state index in [0.717, 1.165) is 77.0 Å². The van der Waals surface area contributed by atoms with Crippen LogP contribution >= 0.6 is 0 Å². The van der Waals surface area contributed by atoms with Gasteiger partial charge in [-0.05, 0) is 30.9 Å². The van der Waals surface area contributed by atoms with Crippen LogP contribution in [0.3, 0.4) is 0 Å². The normalized spacial score (nSPS) is 21.8. The van der Waals surface area contributed by atoms with Crippen LogP contribution in [0, 0.1) is 6.92 Å². The lowest BCUT2D eigenvalue weighted by molar-refractivity contribution is 0.139. The Balaban J connectivity index is 1.27. The Labute approximate surface area is 189 Å². The summed E-state index contributed by atoms with van der Waals surface area (Å²) in [6, 6.07) is 16.1. The fourth-order valence-corrected chi connectivity index (χ4v) is 5.52. The molecule has 4 heterocycles. The van der Waals surface area contributed by atoms with Gasteiger partial charge in [-0.3, -0.25) is 4.90 Å². The molecule has 0 spiro atoms. The summed E-state index contributed by atoms with van der Waals surface area (Å²) in [5.74, 6) is 2.04. The highest BCUT2D eigenvalue weighted by atomic mass is 16.5. The quantitative estimate of drug-likeness (QED) is 0.636. The summed E-state index contributed by atoms with van der Waals surface area (Å²) < 4.78 is 5.60. The molecule has 0 saturated carbocycles. The molecule has 2 aromatic carbocycles. The third-order valence-corrected chi connectivity index (χ3v) is 7.36. The molecule has 6 rings (SSSR count). The van der Waals surface area contributed by atoms with Gasteiger partial charge in [0.25, 0.3) is 0 Å². The molecule has 6 nitrogen and oxygen atoms in total. The minimum absolute atomic E-state index is 0.591. The second kappa shape index (κ2) is 8.34. The van der Waals surface area contributed by atoms with Crippen molar-refractivity contribution in [3.05, 3.63) is 59.2 Å². The van der Waals surface area contributed by atoms with Gasteiger partial charge in [-0.25, -0.2) is 0 Å². The zero-order valence-corrected chi connectivity index (χ0v) is 18.8. The van der Waals surface area contributed by atoms with E-state index in [-0.39, 0.29) is 0 Å². The zero-order valence-electron chi connectivity index (χ0n) is 18.8. The molecule has 0 bridgehead atoms. The molecule has 3 aliphatic heterocycles. The molecule has 0 radical (unpaired) electrons. The highest BCUT2D eigenvalue weighted by molar-refractivity contribution is 5.99. The number of ether oxygens (including phenoxy) is 1. The standard InChI is InChI=1S/C26H31N5O/c1-19-6-7-20-8-10-31(17-21(20)16-19)26-24-5-3-2-4-23(24)25(27-28-26)30-13-11-29(12-14-30)22-9-15-32-18-22/h2-7,16,22H,8-15,17-18H2,1H3. The highest BCUT2D eigenvalue weighted by Gasteiger charge is 2.28. The summed E-state index contributed by atoms with van der Waals surface area (Å²) >= 11 is 0. The minimum atomic E-state index is 0.591. The van der Waals surface area contributed by atoms with Gasteiger partial charge in [-0.15, -0.1) is 10.2 Å². The molecular weight excluding hydrogens is 398 g/mol. The molecule has 1 aromatic heterocycles. The van der Waals surface area contributed by atoms with Crippen molar-refractivity contribution in [2.24, 2.45) is 0 Å². The third kappa shape index (κ3) is 3.61. The average Bonchev–Trinajstić information content (AvgIpc) is 3.38. The number of nitrogens with zero attached hydrogens (tertiary/aromatic N) is 5. The van der Waals surface area contributed by atoms with Crippen LogP contribution in [0.5, 0.6) is 0 Å². The van der Waals surface area contributed by atoms with Crippen molar-refractivity contribution in [1.29, 1.82) is 0 Å². The van der Waals surface area contributed by atoms with Gasteiger partial charge in [0, 0.05) is 62.7 Å². The van der Waals surface area contributed by atoms with Crippen molar-refractivity contribution >= 4 is 22.4 Å². The van der Waals surface area contributed by atoms with Gasteiger partial charge >= 0.3 is 0 Å². The molecular formula is C26H31N5O. The molecule has 6 heteroatoms. The predicted molar refractivity (Wildman–Crippen MR) is 128 cm³/mol. The van der Waals surface area contributed by atoms with Gasteiger partial charge in [0.2, 0.25) is 0 Å². The molecule has 166 valence electrons. The van der Waals surface area contributed by atoms with Gasteiger partial charge in [-0.1, -0.05) is 48.0 Å². The first-order chi connectivity index (χ1) is 15.8. The lowest BCUT2D eigenvalue weighted by atomic mass is 9.97. The number of piperazine rings is 1. The molecule has 3 aliphatic rings. The smallest absolute Gasteiger partial charge is 0.159 e. The summed E-state index contributed by atoms with van der Waals surface area (Å²) in [4.78, 5) is 7.40. The van der Waals surface area contributed by atoms with Gasteiger partial charge in [0.1, 0.15) is 0 Å². The molecule has 2 fully saturated rings. The van der Waals surface area contributed by atoms with Gasteiger partial charge in [0.05, 0.1) is 6.61 Å². The van der Waals surface area contributed by atoms with Crippen molar-refractivity contribution in [3.8, 4) is 0 Å². The number of aromatic nitrogens is 2. The van der Waals surface area contributed by atoms with E-state index in [1.807, 2.05) is 0 Å². The van der Waals surface area contributed by atoms with Gasteiger partial charge in [-0.2, -0.15) is 0 Å². The Morgan fingerprint density at radius 2 is 1.59 bits per heavy atom. The Morgan fingerprint density at radius 1 is 0.844 bits per heavy atom. The number of hydrogen-bond acceptors (Lipinski definition) is 6. The first-order valence-electron chi connectivity index (χ1n) is 11.9. The van der Waals surface area contributed by atoms with Gasteiger partial charge < -0.3 is 14.5 Å². The second-order valence-electron chi connectivity index (χ2n) is 9.38. The number of aryl methyl sites for hydroxylation is 1. The van der Waals surface area contributed by atoms with Crippen LogP contribution in [-0.4, -0.2) is 67.1 Å². The monoisotopic (exact) mass is 429 g/mol. The van der Waals surface area contributed by atoms with Crippen molar-refractivity contribution in [1.82, 2.24) is 15.1 Å². The number of rotatable bonds is 3. The SMILES string of the molecule is Cc1ccc2c(c1)CN(c1nnc(N3CCN(C4CCOC4)CC3)c3ccccc13)CC2. The summed E-state index contributed by atoms with van der Waals surface area (Å²) in [7, 11) is 0. The average molecular weight is 430 g/mol. The van der Waals surface area contributed by atoms with Crippen LogP contribution in [0.15, 0.2) is 42.5 Å². The Hall–Kier alpha value is -2.70. The Kier molecular flexibility index (Phi) is 5.20. The van der Waals surface area contributed by atoms with E-state index in [4.69, 9.17) is 14.9 Å². The predicted octanol–water partition coefficient (Wildman–Crippen LogP) is 3.41. The van der Waals surface area contributed by atoms with E-state index < -0.39 is 0 Å². The van der Waals surface area contributed by atoms with E-state index in [1.165, 1.54) is 27.5 Å². The van der Waals surface area contributed by atoms with Gasteiger partial charge in [0.15, 0.2) is 11.6 Å². The van der Waals surface area contributed by atoms with Crippen molar-refractivity contribution in [3.63, 3.8) is 0 Å². The molecule has 32 heavy (non-hydrogen) atoms. The summed E-state index contributed by atoms with van der Waals surface area (Å²) in [6.07, 6.45) is 2.22. The summed E-state index contributed by atoms with van der Waals surface area (Å²) in [5.41, 5.74) is 4.20. The maximum atomic E-state index is 5.60. The molecule has 2 saturated heterocycles. The molecule has 0 aliphatic carbocycles. The second-order valence-corrected chi connectivity index (χ2v) is 9.38. The van der Waals surface area contributed by atoms with Crippen molar-refractivity contribution in [2.75, 3.05) is 55.7 Å². The Bertz CT molecular complexity index is 1120. The first kappa shape index (κ1) is 19.9. The molecule has 1 unspecified atom stereocenters. The fraction of sp³-hybridized carbons (Fsp3) is 0.462.